The Labute approximate surface area is 166 Å². The molecule has 1 atom stereocenters. The van der Waals surface area contributed by atoms with Gasteiger partial charge < -0.3 is 15.1 Å². The first kappa shape index (κ1) is 18.8. The fraction of sp³-hybridized carbons (Fsp3) is 0.130. The zero-order valence-electron chi connectivity index (χ0n) is 15.4. The highest BCUT2D eigenvalue weighted by molar-refractivity contribution is 6.11. The number of carbonyl (C=O) groups excluding carboxylic acids is 2. The van der Waals surface area contributed by atoms with Crippen molar-refractivity contribution in [2.75, 3.05) is 4.90 Å². The van der Waals surface area contributed by atoms with Crippen LogP contribution in [0.2, 0.25) is 0 Å². The summed E-state index contributed by atoms with van der Waals surface area (Å²) in [7, 11) is 0. The average molecular weight is 391 g/mol. The van der Waals surface area contributed by atoms with Crippen LogP contribution in [0.15, 0.2) is 72.8 Å². The molecule has 3 aromatic rings. The van der Waals surface area contributed by atoms with Crippen molar-refractivity contribution in [1.29, 1.82) is 0 Å². The van der Waals surface area contributed by atoms with Crippen LogP contribution in [0.1, 0.15) is 27.9 Å². The van der Waals surface area contributed by atoms with Gasteiger partial charge in [0.05, 0.1) is 24.2 Å². The highest BCUT2D eigenvalue weighted by Crippen LogP contribution is 2.44. The number of halogens is 1. The fourth-order valence-corrected chi connectivity index (χ4v) is 3.67. The molecule has 0 bridgehead atoms. The van der Waals surface area contributed by atoms with E-state index in [4.69, 9.17) is 0 Å². The lowest BCUT2D eigenvalue weighted by atomic mass is 9.88. The van der Waals surface area contributed by atoms with Crippen LogP contribution in [-0.4, -0.2) is 21.9 Å². The maximum atomic E-state index is 14.1. The molecule has 0 saturated heterocycles. The SMILES string of the molecule is O=C(C[C@]1(O)C(=O)N(Cc2ccccc2F)c2ccccc21)c1ccccc1O. The lowest BCUT2D eigenvalue weighted by molar-refractivity contribution is -0.136. The summed E-state index contributed by atoms with van der Waals surface area (Å²) >= 11 is 0. The topological polar surface area (TPSA) is 77.8 Å². The number of carbonyl (C=O) groups is 2. The number of phenols is 1. The number of rotatable bonds is 5. The van der Waals surface area contributed by atoms with Crippen molar-refractivity contribution >= 4 is 17.4 Å². The summed E-state index contributed by atoms with van der Waals surface area (Å²) in [5, 5.41) is 21.2. The van der Waals surface area contributed by atoms with E-state index in [2.05, 4.69) is 0 Å². The number of nitrogens with zero attached hydrogens (tertiary/aromatic N) is 1. The molecule has 0 spiro atoms. The number of aliphatic hydroxyl groups is 1. The zero-order chi connectivity index (χ0) is 20.6. The first-order valence-corrected chi connectivity index (χ1v) is 9.10. The van der Waals surface area contributed by atoms with Gasteiger partial charge in [-0.1, -0.05) is 48.5 Å². The quantitative estimate of drug-likeness (QED) is 0.652. The normalized spacial score (nSPS) is 18.0. The van der Waals surface area contributed by atoms with Gasteiger partial charge in [0.25, 0.3) is 5.91 Å². The largest absolute Gasteiger partial charge is 0.507 e. The van der Waals surface area contributed by atoms with Gasteiger partial charge in [-0.15, -0.1) is 0 Å². The third kappa shape index (κ3) is 3.17. The minimum atomic E-state index is -2.10. The van der Waals surface area contributed by atoms with Gasteiger partial charge in [0, 0.05) is 11.1 Å². The Morgan fingerprint density at radius 2 is 1.62 bits per heavy atom. The number of ketones is 1. The van der Waals surface area contributed by atoms with Crippen LogP contribution in [0.3, 0.4) is 0 Å². The molecule has 1 heterocycles. The summed E-state index contributed by atoms with van der Waals surface area (Å²) in [6.07, 6.45) is -0.534. The molecule has 0 saturated carbocycles. The number of anilines is 1. The standard InChI is InChI=1S/C23H18FNO4/c24-18-10-4-1-7-15(18)14-25-19-11-5-3-9-17(19)23(29,22(25)28)13-21(27)16-8-2-6-12-20(16)26/h1-12,26,29H,13-14H2/t23-/m1/s1. The molecule has 3 aromatic carbocycles. The summed E-state index contributed by atoms with van der Waals surface area (Å²) in [5.41, 5.74) is -1.06. The average Bonchev–Trinajstić information content (AvgIpc) is 2.92. The molecule has 1 aliphatic rings. The maximum absolute atomic E-state index is 14.1. The lowest BCUT2D eigenvalue weighted by Crippen LogP contribution is -2.41. The second-order valence-corrected chi connectivity index (χ2v) is 6.98. The van der Waals surface area contributed by atoms with Gasteiger partial charge in [0.1, 0.15) is 11.6 Å². The minimum absolute atomic E-state index is 0.0266. The monoisotopic (exact) mass is 391 g/mol. The number of Topliss-reactive ketones (excluding diaryl/α,β-unsaturated/α-hetero) is 1. The number of hydrogen-bond acceptors (Lipinski definition) is 4. The van der Waals surface area contributed by atoms with Crippen LogP contribution < -0.4 is 4.90 Å². The molecule has 0 unspecified atom stereocenters. The molecule has 0 radical (unpaired) electrons. The number of aromatic hydroxyl groups is 1. The molecule has 5 nitrogen and oxygen atoms in total. The molecule has 0 aliphatic carbocycles. The fourth-order valence-electron chi connectivity index (χ4n) is 3.67. The molecule has 0 fully saturated rings. The smallest absolute Gasteiger partial charge is 0.264 e. The van der Waals surface area contributed by atoms with Crippen molar-refractivity contribution < 1.29 is 24.2 Å². The molecule has 0 aromatic heterocycles. The minimum Gasteiger partial charge on any atom is -0.507 e. The predicted molar refractivity (Wildman–Crippen MR) is 105 cm³/mol. The van der Waals surface area contributed by atoms with E-state index < -0.39 is 29.5 Å². The summed E-state index contributed by atoms with van der Waals surface area (Å²) < 4.78 is 14.1. The van der Waals surface area contributed by atoms with E-state index >= 15 is 0 Å². The van der Waals surface area contributed by atoms with Gasteiger partial charge in [0.15, 0.2) is 11.4 Å². The zero-order valence-corrected chi connectivity index (χ0v) is 15.4. The summed E-state index contributed by atoms with van der Waals surface area (Å²) in [6.45, 7) is -0.0738. The van der Waals surface area contributed by atoms with Gasteiger partial charge in [-0.25, -0.2) is 4.39 Å². The predicted octanol–water partition coefficient (Wildman–Crippen LogP) is 3.54. The van der Waals surface area contributed by atoms with E-state index in [1.165, 1.54) is 23.1 Å². The van der Waals surface area contributed by atoms with E-state index in [1.54, 1.807) is 54.6 Å². The van der Waals surface area contributed by atoms with Crippen molar-refractivity contribution in [2.24, 2.45) is 0 Å². The van der Waals surface area contributed by atoms with Crippen LogP contribution >= 0.6 is 0 Å². The molecule has 6 heteroatoms. The van der Waals surface area contributed by atoms with Crippen LogP contribution in [-0.2, 0) is 16.9 Å². The van der Waals surface area contributed by atoms with Gasteiger partial charge in [-0.05, 0) is 24.3 Å². The second kappa shape index (κ2) is 7.14. The molecule has 146 valence electrons. The van der Waals surface area contributed by atoms with Crippen LogP contribution in [0.4, 0.5) is 10.1 Å². The lowest BCUT2D eigenvalue weighted by Gasteiger charge is -2.23. The second-order valence-electron chi connectivity index (χ2n) is 6.98. The van der Waals surface area contributed by atoms with Crippen LogP contribution in [0.25, 0.3) is 0 Å². The molecular weight excluding hydrogens is 373 g/mol. The Hall–Kier alpha value is -3.51. The van der Waals surface area contributed by atoms with E-state index in [9.17, 15) is 24.2 Å². The van der Waals surface area contributed by atoms with Crippen molar-refractivity contribution in [3.63, 3.8) is 0 Å². The Morgan fingerprint density at radius 1 is 0.966 bits per heavy atom. The third-order valence-electron chi connectivity index (χ3n) is 5.15. The molecule has 29 heavy (non-hydrogen) atoms. The van der Waals surface area contributed by atoms with Crippen molar-refractivity contribution in [2.45, 2.75) is 18.6 Å². The van der Waals surface area contributed by atoms with E-state index in [1.807, 2.05) is 0 Å². The highest BCUT2D eigenvalue weighted by atomic mass is 19.1. The molecule has 4 rings (SSSR count). The third-order valence-corrected chi connectivity index (χ3v) is 5.15. The van der Waals surface area contributed by atoms with Gasteiger partial charge >= 0.3 is 0 Å². The Morgan fingerprint density at radius 3 is 2.38 bits per heavy atom. The molecule has 1 aliphatic heterocycles. The van der Waals surface area contributed by atoms with Gasteiger partial charge in [-0.2, -0.15) is 0 Å². The number of amides is 1. The van der Waals surface area contributed by atoms with Crippen LogP contribution in [0, 0.1) is 5.82 Å². The Bertz CT molecular complexity index is 1110. The maximum Gasteiger partial charge on any atom is 0.264 e. The Kier molecular flexibility index (Phi) is 4.64. The summed E-state index contributed by atoms with van der Waals surface area (Å²) in [5.74, 6) is -1.95. The number of fused-ring (bicyclic) bond motifs is 1. The molecule has 2 N–H and O–H groups in total. The van der Waals surface area contributed by atoms with Crippen molar-refractivity contribution in [3.05, 3.63) is 95.3 Å². The number of phenolic OH excluding ortho intramolecular Hbond substituents is 1. The van der Waals surface area contributed by atoms with Gasteiger partial charge in [0.2, 0.25) is 0 Å². The van der Waals surface area contributed by atoms with Crippen molar-refractivity contribution in [1.82, 2.24) is 0 Å². The molecular formula is C23H18FNO4. The van der Waals surface area contributed by atoms with Crippen LogP contribution in [0.5, 0.6) is 5.75 Å². The van der Waals surface area contributed by atoms with E-state index in [-0.39, 0.29) is 23.4 Å². The van der Waals surface area contributed by atoms with E-state index in [0.717, 1.165) is 0 Å². The molecule has 1 amide bonds. The number of hydrogen-bond donors (Lipinski definition) is 2. The first-order chi connectivity index (χ1) is 13.9. The number of para-hydroxylation sites is 2. The first-order valence-electron chi connectivity index (χ1n) is 9.10. The Balaban J connectivity index is 1.71. The van der Waals surface area contributed by atoms with E-state index in [0.29, 0.717) is 11.3 Å². The summed E-state index contributed by atoms with van der Waals surface area (Å²) in [4.78, 5) is 27.2. The van der Waals surface area contributed by atoms with Crippen molar-refractivity contribution in [3.8, 4) is 5.75 Å². The summed E-state index contributed by atoms with van der Waals surface area (Å²) in [6, 6.07) is 18.6. The van der Waals surface area contributed by atoms with Gasteiger partial charge in [-0.3, -0.25) is 9.59 Å². The highest BCUT2D eigenvalue weighted by Gasteiger charge is 2.51. The number of benzene rings is 3.